The summed E-state index contributed by atoms with van der Waals surface area (Å²) in [5.41, 5.74) is -1.69. The number of carbonyl (C=O) groups excluding carboxylic acids is 1. The number of hydrogen-bond donors (Lipinski definition) is 1. The second kappa shape index (κ2) is 6.90. The summed E-state index contributed by atoms with van der Waals surface area (Å²) in [5.74, 6) is -0.648. The predicted molar refractivity (Wildman–Crippen MR) is 78.2 cm³/mol. The summed E-state index contributed by atoms with van der Waals surface area (Å²) in [4.78, 5) is 23.4. The first-order valence-corrected chi connectivity index (χ1v) is 7.51. The van der Waals surface area contributed by atoms with Crippen molar-refractivity contribution >= 4 is 22.4 Å². The predicted octanol–water partition coefficient (Wildman–Crippen LogP) is 2.31. The molecule has 2 aromatic heterocycles. The maximum absolute atomic E-state index is 12.6. The molecule has 0 aromatic carbocycles. The van der Waals surface area contributed by atoms with Crippen LogP contribution in [0.15, 0.2) is 23.1 Å². The lowest BCUT2D eigenvalue weighted by Crippen LogP contribution is -2.28. The van der Waals surface area contributed by atoms with Crippen molar-refractivity contribution in [3.05, 3.63) is 39.3 Å². The van der Waals surface area contributed by atoms with E-state index in [1.54, 1.807) is 0 Å². The number of nitrogens with zero attached hydrogens (tertiary/aromatic N) is 3. The molecule has 2 aromatic rings. The highest BCUT2D eigenvalue weighted by molar-refractivity contribution is 7.15. The fourth-order valence-electron chi connectivity index (χ4n) is 1.76. The first-order chi connectivity index (χ1) is 10.8. The molecular formula is C13H13F3N4O2S. The Labute approximate surface area is 133 Å². The molecule has 124 valence electrons. The van der Waals surface area contributed by atoms with Gasteiger partial charge < -0.3 is 4.57 Å². The number of halogens is 3. The number of aromatic nitrogens is 3. The van der Waals surface area contributed by atoms with Crippen molar-refractivity contribution in [1.29, 1.82) is 0 Å². The second-order valence-electron chi connectivity index (χ2n) is 4.68. The van der Waals surface area contributed by atoms with Gasteiger partial charge in [0.25, 0.3) is 5.56 Å². The van der Waals surface area contributed by atoms with Crippen LogP contribution >= 0.6 is 11.3 Å². The van der Waals surface area contributed by atoms with Crippen LogP contribution in [0.5, 0.6) is 0 Å². The molecular weight excluding hydrogens is 333 g/mol. The number of hydrogen-bond acceptors (Lipinski definition) is 5. The number of nitrogens with one attached hydrogen (secondary N) is 1. The lowest BCUT2D eigenvalue weighted by molar-refractivity contribution is -0.138. The molecule has 0 bridgehead atoms. The van der Waals surface area contributed by atoms with E-state index in [4.69, 9.17) is 0 Å². The van der Waals surface area contributed by atoms with Gasteiger partial charge in [-0.05, 0) is 12.5 Å². The van der Waals surface area contributed by atoms with Crippen LogP contribution < -0.4 is 10.9 Å². The highest BCUT2D eigenvalue weighted by Gasteiger charge is 2.31. The molecule has 1 amide bonds. The largest absolute Gasteiger partial charge is 0.417 e. The van der Waals surface area contributed by atoms with Gasteiger partial charge in [0.05, 0.1) is 5.56 Å². The third kappa shape index (κ3) is 4.62. The molecule has 0 spiro atoms. The summed E-state index contributed by atoms with van der Waals surface area (Å²) in [7, 11) is 0. The van der Waals surface area contributed by atoms with Crippen LogP contribution in [-0.2, 0) is 23.9 Å². The minimum absolute atomic E-state index is 0.249. The minimum atomic E-state index is -4.58. The van der Waals surface area contributed by atoms with Crippen molar-refractivity contribution in [2.24, 2.45) is 0 Å². The van der Waals surface area contributed by atoms with Crippen molar-refractivity contribution in [1.82, 2.24) is 14.8 Å². The number of amides is 1. The molecule has 0 radical (unpaired) electrons. The highest BCUT2D eigenvalue weighted by Crippen LogP contribution is 2.28. The van der Waals surface area contributed by atoms with Crippen molar-refractivity contribution in [2.75, 3.05) is 5.32 Å². The Kier molecular flexibility index (Phi) is 5.14. The molecule has 0 fully saturated rings. The van der Waals surface area contributed by atoms with Crippen LogP contribution in [-0.4, -0.2) is 20.7 Å². The number of alkyl halides is 3. The van der Waals surface area contributed by atoms with Gasteiger partial charge in [0.15, 0.2) is 0 Å². The van der Waals surface area contributed by atoms with E-state index in [1.807, 2.05) is 6.92 Å². The van der Waals surface area contributed by atoms with Gasteiger partial charge in [-0.2, -0.15) is 13.2 Å². The Hall–Kier alpha value is -2.23. The number of aryl methyl sites for hydroxylation is 1. The van der Waals surface area contributed by atoms with Gasteiger partial charge in [0.2, 0.25) is 11.0 Å². The Bertz CT molecular complexity index is 754. The molecule has 2 heterocycles. The quantitative estimate of drug-likeness (QED) is 0.901. The average molecular weight is 346 g/mol. The summed E-state index contributed by atoms with van der Waals surface area (Å²) < 4.78 is 38.6. The van der Waals surface area contributed by atoms with Crippen molar-refractivity contribution in [2.45, 2.75) is 32.5 Å². The average Bonchev–Trinajstić information content (AvgIpc) is 2.87. The zero-order valence-electron chi connectivity index (χ0n) is 12.1. The number of rotatable bonds is 5. The second-order valence-corrected chi connectivity index (χ2v) is 5.74. The fraction of sp³-hybridized carbons (Fsp3) is 0.385. The molecule has 0 aliphatic heterocycles. The summed E-state index contributed by atoms with van der Waals surface area (Å²) in [6, 6.07) is 1.46. The Morgan fingerprint density at radius 3 is 2.74 bits per heavy atom. The van der Waals surface area contributed by atoms with E-state index in [-0.39, 0.29) is 5.13 Å². The Morgan fingerprint density at radius 1 is 1.35 bits per heavy atom. The van der Waals surface area contributed by atoms with E-state index in [2.05, 4.69) is 15.5 Å². The molecule has 2 rings (SSSR count). The van der Waals surface area contributed by atoms with Gasteiger partial charge in [-0.3, -0.25) is 14.9 Å². The van der Waals surface area contributed by atoms with Gasteiger partial charge in [0, 0.05) is 18.7 Å². The lowest BCUT2D eigenvalue weighted by atomic mass is 10.3. The van der Waals surface area contributed by atoms with Crippen LogP contribution in [0.3, 0.4) is 0 Å². The van der Waals surface area contributed by atoms with Crippen molar-refractivity contribution < 1.29 is 18.0 Å². The molecule has 0 aliphatic rings. The Morgan fingerprint density at radius 2 is 2.09 bits per heavy atom. The zero-order chi connectivity index (χ0) is 17.0. The zero-order valence-corrected chi connectivity index (χ0v) is 12.9. The molecule has 0 saturated heterocycles. The molecule has 10 heteroatoms. The minimum Gasteiger partial charge on any atom is -0.305 e. The van der Waals surface area contributed by atoms with Crippen LogP contribution in [0.4, 0.5) is 18.3 Å². The highest BCUT2D eigenvalue weighted by atomic mass is 32.1. The van der Waals surface area contributed by atoms with E-state index in [1.165, 1.54) is 11.3 Å². The molecule has 0 saturated carbocycles. The lowest BCUT2D eigenvalue weighted by Gasteiger charge is -2.10. The van der Waals surface area contributed by atoms with Crippen LogP contribution in [0.2, 0.25) is 0 Å². The molecule has 0 unspecified atom stereocenters. The summed E-state index contributed by atoms with van der Waals surface area (Å²) >= 11 is 1.19. The van der Waals surface area contributed by atoms with Crippen molar-refractivity contribution in [3.63, 3.8) is 0 Å². The maximum atomic E-state index is 12.6. The third-order valence-corrected chi connectivity index (χ3v) is 3.70. The maximum Gasteiger partial charge on any atom is 0.417 e. The molecule has 0 atom stereocenters. The van der Waals surface area contributed by atoms with Gasteiger partial charge in [-0.1, -0.05) is 18.3 Å². The molecule has 0 aliphatic carbocycles. The molecule has 1 N–H and O–H groups in total. The SMILES string of the molecule is CCCc1nnc(NC(=O)Cn2cc(C(F)(F)F)ccc2=O)s1. The van der Waals surface area contributed by atoms with E-state index in [0.717, 1.165) is 23.9 Å². The van der Waals surface area contributed by atoms with Crippen LogP contribution in [0.1, 0.15) is 23.9 Å². The van der Waals surface area contributed by atoms with E-state index >= 15 is 0 Å². The van der Waals surface area contributed by atoms with Gasteiger partial charge in [-0.25, -0.2) is 0 Å². The number of anilines is 1. The molecule has 6 nitrogen and oxygen atoms in total. The van der Waals surface area contributed by atoms with E-state index < -0.39 is 29.8 Å². The smallest absolute Gasteiger partial charge is 0.305 e. The van der Waals surface area contributed by atoms with E-state index in [9.17, 15) is 22.8 Å². The number of carbonyl (C=O) groups is 1. The topological polar surface area (TPSA) is 76.9 Å². The first-order valence-electron chi connectivity index (χ1n) is 6.69. The fourth-order valence-corrected chi connectivity index (χ4v) is 2.61. The Balaban J connectivity index is 2.09. The van der Waals surface area contributed by atoms with Crippen LogP contribution in [0.25, 0.3) is 0 Å². The normalized spacial score (nSPS) is 11.5. The summed E-state index contributed by atoms with van der Waals surface area (Å²) in [5, 5.41) is 11.0. The van der Waals surface area contributed by atoms with E-state index in [0.29, 0.717) is 16.8 Å². The van der Waals surface area contributed by atoms with Crippen LogP contribution in [0, 0.1) is 0 Å². The summed E-state index contributed by atoms with van der Waals surface area (Å²) in [6.07, 6.45) is -2.37. The molecule has 23 heavy (non-hydrogen) atoms. The third-order valence-electron chi connectivity index (χ3n) is 2.80. The van der Waals surface area contributed by atoms with Gasteiger partial charge >= 0.3 is 6.18 Å². The standard InChI is InChI=1S/C13H13F3N4O2S/c1-2-3-10-18-19-12(23-10)17-9(21)7-20-6-8(13(14,15)16)4-5-11(20)22/h4-6H,2-3,7H2,1H3,(H,17,19,21). The monoisotopic (exact) mass is 346 g/mol. The van der Waals surface area contributed by atoms with Crippen molar-refractivity contribution in [3.8, 4) is 0 Å². The summed E-state index contributed by atoms with van der Waals surface area (Å²) in [6.45, 7) is 1.44. The number of pyridine rings is 1. The van der Waals surface area contributed by atoms with Gasteiger partial charge in [0.1, 0.15) is 11.6 Å². The first kappa shape index (κ1) is 17.1. The van der Waals surface area contributed by atoms with Gasteiger partial charge in [-0.15, -0.1) is 10.2 Å².